The third-order valence-electron chi connectivity index (χ3n) is 3.22. The fourth-order valence-corrected chi connectivity index (χ4v) is 2.63. The minimum absolute atomic E-state index is 0.0408. The maximum atomic E-state index is 11.5. The number of aliphatic hydroxyl groups excluding tert-OH is 1. The summed E-state index contributed by atoms with van der Waals surface area (Å²) in [6, 6.07) is 0. The van der Waals surface area contributed by atoms with Crippen molar-refractivity contribution in [2.45, 2.75) is 44.8 Å². The molecule has 1 saturated heterocycles. The minimum Gasteiger partial charge on any atom is -0.462 e. The van der Waals surface area contributed by atoms with Gasteiger partial charge in [-0.1, -0.05) is 6.42 Å². The van der Waals surface area contributed by atoms with Gasteiger partial charge in [-0.05, 0) is 32.1 Å². The van der Waals surface area contributed by atoms with Crippen molar-refractivity contribution in [1.29, 1.82) is 0 Å². The van der Waals surface area contributed by atoms with Gasteiger partial charge in [0.1, 0.15) is 0 Å². The van der Waals surface area contributed by atoms with Crippen LogP contribution in [0.15, 0.2) is 0 Å². The first kappa shape index (κ1) is 9.00. The smallest absolute Gasteiger partial charge is 0.312 e. The molecule has 1 N–H and O–H groups in total. The highest BCUT2D eigenvalue weighted by atomic mass is 16.5. The number of fused-ring (bicyclic) bond motifs is 1. The van der Waals surface area contributed by atoms with Crippen molar-refractivity contribution in [1.82, 2.24) is 0 Å². The first-order chi connectivity index (χ1) is 6.18. The summed E-state index contributed by atoms with van der Waals surface area (Å²) in [4.78, 5) is 11.5. The van der Waals surface area contributed by atoms with Crippen molar-refractivity contribution < 1.29 is 14.6 Å². The summed E-state index contributed by atoms with van der Waals surface area (Å²) in [6.45, 7) is 1.93. The van der Waals surface area contributed by atoms with Crippen molar-refractivity contribution in [2.75, 3.05) is 0 Å². The van der Waals surface area contributed by atoms with Crippen LogP contribution in [0.1, 0.15) is 32.6 Å². The van der Waals surface area contributed by atoms with Crippen LogP contribution in [0, 0.1) is 11.8 Å². The van der Waals surface area contributed by atoms with E-state index in [9.17, 15) is 9.90 Å². The van der Waals surface area contributed by atoms with Gasteiger partial charge in [0.25, 0.3) is 0 Å². The summed E-state index contributed by atoms with van der Waals surface area (Å²) in [5.74, 6) is -0.0547. The molecule has 1 aliphatic carbocycles. The third kappa shape index (κ3) is 1.57. The molecule has 74 valence electrons. The van der Waals surface area contributed by atoms with Crippen molar-refractivity contribution >= 4 is 5.97 Å². The largest absolute Gasteiger partial charge is 0.462 e. The average molecular weight is 184 g/mol. The van der Waals surface area contributed by atoms with Crippen LogP contribution in [-0.4, -0.2) is 23.3 Å². The van der Waals surface area contributed by atoms with Crippen LogP contribution in [0.3, 0.4) is 0 Å². The van der Waals surface area contributed by atoms with E-state index in [2.05, 4.69) is 0 Å². The molecule has 1 saturated carbocycles. The summed E-state index contributed by atoms with van der Waals surface area (Å²) in [5.41, 5.74) is 0. The second-order valence-corrected chi connectivity index (χ2v) is 4.27. The standard InChI is InChI=1S/C10H16O3/c1-6-5-7-3-2-4-8(11)9(7)10(12)13-6/h6-9,11H,2-5H2,1H3/t6-,7+,8+,9-/m1/s1. The van der Waals surface area contributed by atoms with E-state index < -0.39 is 6.10 Å². The molecule has 1 heterocycles. The Morgan fingerprint density at radius 1 is 1.46 bits per heavy atom. The molecule has 3 nitrogen and oxygen atoms in total. The molecule has 2 rings (SSSR count). The Bertz CT molecular complexity index is 214. The molecule has 0 aromatic rings. The van der Waals surface area contributed by atoms with E-state index in [-0.39, 0.29) is 18.0 Å². The molecule has 0 aromatic carbocycles. The fraction of sp³-hybridized carbons (Fsp3) is 0.900. The summed E-state index contributed by atoms with van der Waals surface area (Å²) >= 11 is 0. The summed E-state index contributed by atoms with van der Waals surface area (Å²) in [7, 11) is 0. The summed E-state index contributed by atoms with van der Waals surface area (Å²) < 4.78 is 5.13. The number of carbonyl (C=O) groups is 1. The number of cyclic esters (lactones) is 1. The van der Waals surface area contributed by atoms with E-state index in [1.54, 1.807) is 0 Å². The molecule has 2 fully saturated rings. The Morgan fingerprint density at radius 3 is 3.00 bits per heavy atom. The molecule has 1 aliphatic heterocycles. The number of hydrogen-bond donors (Lipinski definition) is 1. The maximum absolute atomic E-state index is 11.5. The molecule has 4 atom stereocenters. The van der Waals surface area contributed by atoms with Crippen molar-refractivity contribution in [3.8, 4) is 0 Å². The Morgan fingerprint density at radius 2 is 2.23 bits per heavy atom. The van der Waals surface area contributed by atoms with Gasteiger partial charge in [0.15, 0.2) is 0 Å². The van der Waals surface area contributed by atoms with E-state index in [0.717, 1.165) is 25.7 Å². The van der Waals surface area contributed by atoms with E-state index in [1.165, 1.54) is 0 Å². The van der Waals surface area contributed by atoms with Gasteiger partial charge < -0.3 is 9.84 Å². The number of esters is 1. The second-order valence-electron chi connectivity index (χ2n) is 4.27. The van der Waals surface area contributed by atoms with E-state index >= 15 is 0 Å². The third-order valence-corrected chi connectivity index (χ3v) is 3.22. The molecule has 0 bridgehead atoms. The molecule has 0 aromatic heterocycles. The van der Waals surface area contributed by atoms with Crippen LogP contribution in [-0.2, 0) is 9.53 Å². The number of aliphatic hydroxyl groups is 1. The predicted molar refractivity (Wildman–Crippen MR) is 47.0 cm³/mol. The van der Waals surface area contributed by atoms with Crippen LogP contribution in [0.2, 0.25) is 0 Å². The number of carbonyl (C=O) groups excluding carboxylic acids is 1. The summed E-state index contributed by atoms with van der Waals surface area (Å²) in [5, 5.41) is 9.66. The Labute approximate surface area is 78.1 Å². The van der Waals surface area contributed by atoms with Gasteiger partial charge in [0.05, 0.1) is 18.1 Å². The van der Waals surface area contributed by atoms with Crippen LogP contribution in [0.25, 0.3) is 0 Å². The average Bonchev–Trinajstić information content (AvgIpc) is 2.02. The first-order valence-corrected chi connectivity index (χ1v) is 5.07. The molecule has 3 heteroatoms. The zero-order valence-corrected chi connectivity index (χ0v) is 7.90. The van der Waals surface area contributed by atoms with Crippen LogP contribution < -0.4 is 0 Å². The molecule has 0 spiro atoms. The molecular weight excluding hydrogens is 168 g/mol. The molecular formula is C10H16O3. The van der Waals surface area contributed by atoms with Crippen LogP contribution in [0.5, 0.6) is 0 Å². The lowest BCUT2D eigenvalue weighted by Gasteiger charge is -2.39. The Balaban J connectivity index is 2.13. The van der Waals surface area contributed by atoms with Crippen LogP contribution >= 0.6 is 0 Å². The Hall–Kier alpha value is -0.570. The minimum atomic E-state index is -0.459. The molecule has 0 radical (unpaired) electrons. The lowest BCUT2D eigenvalue weighted by Crippen LogP contribution is -2.45. The van der Waals surface area contributed by atoms with Gasteiger partial charge in [0, 0.05) is 0 Å². The van der Waals surface area contributed by atoms with E-state index in [1.807, 2.05) is 6.92 Å². The van der Waals surface area contributed by atoms with Gasteiger partial charge in [-0.3, -0.25) is 4.79 Å². The zero-order valence-electron chi connectivity index (χ0n) is 7.90. The quantitative estimate of drug-likeness (QED) is 0.573. The number of ether oxygens (including phenoxy) is 1. The summed E-state index contributed by atoms with van der Waals surface area (Å²) in [6.07, 6.45) is 3.37. The number of rotatable bonds is 0. The Kier molecular flexibility index (Phi) is 2.28. The SMILES string of the molecule is C[C@@H]1C[C@@H]2CCC[C@H](O)[C@@H]2C(=O)O1. The normalized spacial score (nSPS) is 45.2. The van der Waals surface area contributed by atoms with Crippen LogP contribution in [0.4, 0.5) is 0 Å². The van der Waals surface area contributed by atoms with Gasteiger partial charge in [-0.15, -0.1) is 0 Å². The first-order valence-electron chi connectivity index (χ1n) is 5.07. The zero-order chi connectivity index (χ0) is 9.42. The van der Waals surface area contributed by atoms with Crippen molar-refractivity contribution in [3.63, 3.8) is 0 Å². The van der Waals surface area contributed by atoms with E-state index in [0.29, 0.717) is 5.92 Å². The highest BCUT2D eigenvalue weighted by Crippen LogP contribution is 2.38. The maximum Gasteiger partial charge on any atom is 0.312 e. The van der Waals surface area contributed by atoms with E-state index in [4.69, 9.17) is 4.74 Å². The second kappa shape index (κ2) is 3.29. The van der Waals surface area contributed by atoms with Gasteiger partial charge >= 0.3 is 5.97 Å². The lowest BCUT2D eigenvalue weighted by atomic mass is 9.73. The molecule has 0 unspecified atom stereocenters. The highest BCUT2D eigenvalue weighted by molar-refractivity contribution is 5.74. The molecule has 0 amide bonds. The van der Waals surface area contributed by atoms with Crippen molar-refractivity contribution in [3.05, 3.63) is 0 Å². The van der Waals surface area contributed by atoms with Gasteiger partial charge in [-0.25, -0.2) is 0 Å². The number of hydrogen-bond acceptors (Lipinski definition) is 3. The van der Waals surface area contributed by atoms with Gasteiger partial charge in [-0.2, -0.15) is 0 Å². The molecule has 13 heavy (non-hydrogen) atoms. The van der Waals surface area contributed by atoms with Gasteiger partial charge in [0.2, 0.25) is 0 Å². The monoisotopic (exact) mass is 184 g/mol. The lowest BCUT2D eigenvalue weighted by molar-refractivity contribution is -0.173. The topological polar surface area (TPSA) is 46.5 Å². The highest BCUT2D eigenvalue weighted by Gasteiger charge is 2.43. The fourth-order valence-electron chi connectivity index (χ4n) is 2.63. The molecule has 2 aliphatic rings. The van der Waals surface area contributed by atoms with Crippen molar-refractivity contribution in [2.24, 2.45) is 11.8 Å². The predicted octanol–water partition coefficient (Wildman–Crippen LogP) is 1.10.